The maximum Gasteiger partial charge on any atom is 0.252 e. The van der Waals surface area contributed by atoms with Crippen LogP contribution in [0, 0.1) is 13.8 Å². The van der Waals surface area contributed by atoms with Gasteiger partial charge in [-0.1, -0.05) is 42.5 Å². The number of amides is 1. The SMILES string of the molecule is COc1cccc([C@@H](C)NC(=O)c2cc(C)nc3c2c(C)nn3Cc2ccccc2)c1. The Hall–Kier alpha value is -3.67. The smallest absolute Gasteiger partial charge is 0.252 e. The molecule has 0 radical (unpaired) electrons. The molecule has 0 saturated heterocycles. The van der Waals surface area contributed by atoms with E-state index in [0.29, 0.717) is 12.1 Å². The second-order valence-corrected chi connectivity index (χ2v) is 7.71. The predicted octanol–water partition coefficient (Wildman–Crippen LogP) is 4.60. The number of benzene rings is 2. The Morgan fingerprint density at radius 3 is 2.61 bits per heavy atom. The lowest BCUT2D eigenvalue weighted by Gasteiger charge is -2.16. The van der Waals surface area contributed by atoms with E-state index in [1.807, 2.05) is 74.0 Å². The molecule has 2 heterocycles. The van der Waals surface area contributed by atoms with Crippen molar-refractivity contribution in [1.29, 1.82) is 0 Å². The second-order valence-electron chi connectivity index (χ2n) is 7.71. The van der Waals surface area contributed by atoms with Gasteiger partial charge in [-0.15, -0.1) is 0 Å². The molecule has 0 spiro atoms. The summed E-state index contributed by atoms with van der Waals surface area (Å²) >= 11 is 0. The molecular formula is C25H26N4O2. The molecular weight excluding hydrogens is 388 g/mol. The quantitative estimate of drug-likeness (QED) is 0.501. The van der Waals surface area contributed by atoms with Gasteiger partial charge >= 0.3 is 0 Å². The molecule has 0 unspecified atom stereocenters. The summed E-state index contributed by atoms with van der Waals surface area (Å²) < 4.78 is 7.17. The first-order valence-electron chi connectivity index (χ1n) is 10.3. The highest BCUT2D eigenvalue weighted by atomic mass is 16.5. The summed E-state index contributed by atoms with van der Waals surface area (Å²) in [7, 11) is 1.63. The molecule has 0 fully saturated rings. The normalized spacial score (nSPS) is 12.0. The minimum atomic E-state index is -0.175. The molecule has 6 nitrogen and oxygen atoms in total. The lowest BCUT2D eigenvalue weighted by molar-refractivity contribution is 0.0941. The lowest BCUT2D eigenvalue weighted by Crippen LogP contribution is -2.27. The molecule has 0 aliphatic rings. The van der Waals surface area contributed by atoms with Gasteiger partial charge in [-0.3, -0.25) is 4.79 Å². The van der Waals surface area contributed by atoms with Gasteiger partial charge in [0.05, 0.1) is 36.3 Å². The Morgan fingerprint density at radius 1 is 1.10 bits per heavy atom. The highest BCUT2D eigenvalue weighted by Gasteiger charge is 2.20. The first kappa shape index (κ1) is 20.6. The topological polar surface area (TPSA) is 69.0 Å². The van der Waals surface area contributed by atoms with Gasteiger partial charge in [-0.05, 0) is 50.1 Å². The van der Waals surface area contributed by atoms with Crippen molar-refractivity contribution in [3.05, 3.63) is 88.7 Å². The number of aromatic nitrogens is 3. The van der Waals surface area contributed by atoms with Crippen LogP contribution >= 0.6 is 0 Å². The molecule has 4 aromatic rings. The van der Waals surface area contributed by atoms with Crippen LogP contribution in [0.3, 0.4) is 0 Å². The molecule has 0 aliphatic heterocycles. The van der Waals surface area contributed by atoms with Crippen molar-refractivity contribution in [1.82, 2.24) is 20.1 Å². The Kier molecular flexibility index (Phi) is 5.71. The van der Waals surface area contributed by atoms with Crippen LogP contribution < -0.4 is 10.1 Å². The molecule has 158 valence electrons. The number of hydrogen-bond acceptors (Lipinski definition) is 4. The second kappa shape index (κ2) is 8.60. The van der Waals surface area contributed by atoms with Crippen LogP contribution in [-0.4, -0.2) is 27.8 Å². The highest BCUT2D eigenvalue weighted by Crippen LogP contribution is 2.25. The Balaban J connectivity index is 1.67. The third kappa shape index (κ3) is 4.28. The molecule has 1 amide bonds. The van der Waals surface area contributed by atoms with Crippen molar-refractivity contribution in [2.75, 3.05) is 7.11 Å². The third-order valence-corrected chi connectivity index (χ3v) is 5.37. The molecule has 6 heteroatoms. The summed E-state index contributed by atoms with van der Waals surface area (Å²) in [6.45, 7) is 6.38. The molecule has 0 saturated carbocycles. The zero-order valence-corrected chi connectivity index (χ0v) is 18.2. The Bertz CT molecular complexity index is 1230. The van der Waals surface area contributed by atoms with E-state index < -0.39 is 0 Å². The van der Waals surface area contributed by atoms with Crippen molar-refractivity contribution in [2.24, 2.45) is 0 Å². The summed E-state index contributed by atoms with van der Waals surface area (Å²) in [4.78, 5) is 18.0. The number of fused-ring (bicyclic) bond motifs is 1. The monoisotopic (exact) mass is 414 g/mol. The van der Waals surface area contributed by atoms with Gasteiger partial charge in [0.2, 0.25) is 0 Å². The number of hydrogen-bond donors (Lipinski definition) is 1. The van der Waals surface area contributed by atoms with Crippen molar-refractivity contribution in [3.63, 3.8) is 0 Å². The fraction of sp³-hybridized carbons (Fsp3) is 0.240. The maximum absolute atomic E-state index is 13.3. The van der Waals surface area contributed by atoms with Gasteiger partial charge in [0.1, 0.15) is 5.75 Å². The molecule has 0 bridgehead atoms. The average Bonchev–Trinajstić information content (AvgIpc) is 3.08. The molecule has 1 N–H and O–H groups in total. The Morgan fingerprint density at radius 2 is 1.87 bits per heavy atom. The van der Waals surface area contributed by atoms with Crippen molar-refractivity contribution in [2.45, 2.75) is 33.4 Å². The fourth-order valence-corrected chi connectivity index (χ4v) is 3.79. The van der Waals surface area contributed by atoms with E-state index in [1.165, 1.54) is 0 Å². The number of rotatable bonds is 6. The number of methoxy groups -OCH3 is 1. The van der Waals surface area contributed by atoms with Gasteiger partial charge in [-0.25, -0.2) is 9.67 Å². The lowest BCUT2D eigenvalue weighted by atomic mass is 10.1. The number of nitrogens with one attached hydrogen (secondary N) is 1. The summed E-state index contributed by atoms with van der Waals surface area (Å²) in [5, 5.41) is 8.59. The molecule has 4 rings (SSSR count). The van der Waals surface area contributed by atoms with Crippen LogP contribution in [-0.2, 0) is 6.54 Å². The fourth-order valence-electron chi connectivity index (χ4n) is 3.79. The van der Waals surface area contributed by atoms with Crippen molar-refractivity contribution in [3.8, 4) is 5.75 Å². The first-order valence-corrected chi connectivity index (χ1v) is 10.3. The number of carbonyl (C=O) groups is 1. The van der Waals surface area contributed by atoms with Gasteiger partial charge in [0.25, 0.3) is 5.91 Å². The standard InChI is InChI=1S/C25H26N4O2/c1-16-13-22(25(30)27-17(2)20-11-8-12-21(14-20)31-4)23-18(3)28-29(24(23)26-16)15-19-9-6-5-7-10-19/h5-14,17H,15H2,1-4H3,(H,27,30)/t17-/m1/s1. The van der Waals surface area contributed by atoms with Crippen LogP contribution in [0.15, 0.2) is 60.7 Å². The molecule has 2 aromatic heterocycles. The minimum Gasteiger partial charge on any atom is -0.497 e. The van der Waals surface area contributed by atoms with Crippen molar-refractivity contribution < 1.29 is 9.53 Å². The first-order chi connectivity index (χ1) is 15.0. The summed E-state index contributed by atoms with van der Waals surface area (Å²) in [6.07, 6.45) is 0. The molecule has 31 heavy (non-hydrogen) atoms. The van der Waals surface area contributed by atoms with Crippen LogP contribution in [0.2, 0.25) is 0 Å². The summed E-state index contributed by atoms with van der Waals surface area (Å²) in [5.41, 5.74) is 4.99. The van der Waals surface area contributed by atoms with Crippen molar-refractivity contribution >= 4 is 16.9 Å². The zero-order chi connectivity index (χ0) is 22.0. The van der Waals surface area contributed by atoms with Gasteiger partial charge in [-0.2, -0.15) is 5.10 Å². The number of ether oxygens (including phenoxy) is 1. The average molecular weight is 415 g/mol. The van der Waals surface area contributed by atoms with Gasteiger partial charge in [0, 0.05) is 5.69 Å². The van der Waals surface area contributed by atoms with E-state index in [9.17, 15) is 4.79 Å². The number of pyridine rings is 1. The van der Waals surface area contributed by atoms with E-state index >= 15 is 0 Å². The minimum absolute atomic E-state index is 0.145. The summed E-state index contributed by atoms with van der Waals surface area (Å²) in [6, 6.07) is 19.5. The maximum atomic E-state index is 13.3. The largest absolute Gasteiger partial charge is 0.497 e. The van der Waals surface area contributed by atoms with E-state index in [-0.39, 0.29) is 11.9 Å². The number of nitrogens with zero attached hydrogens (tertiary/aromatic N) is 3. The van der Waals surface area contributed by atoms with Crippen LogP contribution in [0.5, 0.6) is 5.75 Å². The zero-order valence-electron chi connectivity index (χ0n) is 18.2. The molecule has 1 atom stereocenters. The van der Waals surface area contributed by atoms with Crippen LogP contribution in [0.25, 0.3) is 11.0 Å². The van der Waals surface area contributed by atoms with Gasteiger partial charge in [0.15, 0.2) is 5.65 Å². The van der Waals surface area contributed by atoms with E-state index in [4.69, 9.17) is 9.72 Å². The molecule has 0 aliphatic carbocycles. The van der Waals surface area contributed by atoms with E-state index in [0.717, 1.165) is 39.3 Å². The summed E-state index contributed by atoms with van der Waals surface area (Å²) in [5.74, 6) is 0.618. The van der Waals surface area contributed by atoms with E-state index in [2.05, 4.69) is 22.5 Å². The number of carbonyl (C=O) groups excluding carboxylic acids is 1. The van der Waals surface area contributed by atoms with E-state index in [1.54, 1.807) is 7.11 Å². The highest BCUT2D eigenvalue weighted by molar-refractivity contribution is 6.06. The third-order valence-electron chi connectivity index (χ3n) is 5.37. The molecule has 2 aromatic carbocycles. The van der Waals surface area contributed by atoms with Crippen LogP contribution in [0.4, 0.5) is 0 Å². The van der Waals surface area contributed by atoms with Crippen LogP contribution in [0.1, 0.15) is 45.8 Å². The Labute approximate surface area is 181 Å². The predicted molar refractivity (Wildman–Crippen MR) is 121 cm³/mol. The van der Waals surface area contributed by atoms with Gasteiger partial charge < -0.3 is 10.1 Å². The number of aryl methyl sites for hydroxylation is 2.